The summed E-state index contributed by atoms with van der Waals surface area (Å²) in [6.45, 7) is -1.02. The van der Waals surface area contributed by atoms with Crippen molar-refractivity contribution in [2.45, 2.75) is 13.5 Å². The lowest BCUT2D eigenvalue weighted by atomic mass is 10.2. The summed E-state index contributed by atoms with van der Waals surface area (Å²) >= 11 is 3.31. The Morgan fingerprint density at radius 1 is 1.38 bits per heavy atom. The summed E-state index contributed by atoms with van der Waals surface area (Å²) in [5.74, 6) is -0.508. The van der Waals surface area contributed by atoms with Gasteiger partial charge in [0.25, 0.3) is 5.91 Å². The third-order valence-corrected chi connectivity index (χ3v) is 4.00. The first-order valence-electron chi connectivity index (χ1n) is 7.51. The highest BCUT2D eigenvalue weighted by molar-refractivity contribution is 9.10. The van der Waals surface area contributed by atoms with Crippen molar-refractivity contribution in [2.24, 2.45) is 0 Å². The first kappa shape index (κ1) is 18.1. The molecule has 0 atom stereocenters. The maximum atomic E-state index is 12.5. The van der Waals surface area contributed by atoms with Crippen LogP contribution < -0.4 is 14.8 Å². The summed E-state index contributed by atoms with van der Waals surface area (Å²) < 4.78 is 36.5. The molecule has 2 aromatic heterocycles. The summed E-state index contributed by atoms with van der Waals surface area (Å²) in [4.78, 5) is 16.6. The zero-order valence-electron chi connectivity index (χ0n) is 13.4. The number of carbonyl (C=O) groups excluding carboxylic acids is 1. The van der Waals surface area contributed by atoms with Crippen molar-refractivity contribution in [1.29, 1.82) is 0 Å². The molecule has 0 aliphatic carbocycles. The Kier molecular flexibility index (Phi) is 5.31. The van der Waals surface area contributed by atoms with Gasteiger partial charge in [0.2, 0.25) is 0 Å². The molecule has 0 spiro atoms. The standard InChI is InChI=1S/C16H13BrF2N4O3/c1-2-25-11-8-9(4-5-10(11)26-16(18)19)21-15(24)13-12(17)14-20-6-3-7-23(14)22-13/h3-8,16H,2H2,1H3,(H,21,24). The van der Waals surface area contributed by atoms with E-state index in [1.807, 2.05) is 0 Å². The molecule has 0 saturated carbocycles. The fourth-order valence-electron chi connectivity index (χ4n) is 2.24. The molecule has 0 unspecified atom stereocenters. The number of hydrogen-bond donors (Lipinski definition) is 1. The molecule has 1 aromatic carbocycles. The van der Waals surface area contributed by atoms with E-state index in [9.17, 15) is 13.6 Å². The van der Waals surface area contributed by atoms with E-state index in [-0.39, 0.29) is 23.8 Å². The number of alkyl halides is 2. The van der Waals surface area contributed by atoms with Gasteiger partial charge >= 0.3 is 6.61 Å². The second-order valence-corrected chi connectivity index (χ2v) is 5.77. The third-order valence-electron chi connectivity index (χ3n) is 3.27. The van der Waals surface area contributed by atoms with Gasteiger partial charge in [-0.1, -0.05) is 0 Å². The second-order valence-electron chi connectivity index (χ2n) is 4.98. The van der Waals surface area contributed by atoms with Crippen LogP contribution in [0.1, 0.15) is 17.4 Å². The number of anilines is 1. The number of rotatable bonds is 6. The van der Waals surface area contributed by atoms with Gasteiger partial charge in [0.05, 0.1) is 11.1 Å². The lowest BCUT2D eigenvalue weighted by molar-refractivity contribution is -0.0514. The molecule has 0 radical (unpaired) electrons. The molecule has 0 aliphatic rings. The first-order chi connectivity index (χ1) is 12.5. The van der Waals surface area contributed by atoms with Crippen molar-refractivity contribution in [1.82, 2.24) is 14.6 Å². The number of aromatic nitrogens is 3. The summed E-state index contributed by atoms with van der Waals surface area (Å²) in [7, 11) is 0. The van der Waals surface area contributed by atoms with Gasteiger partial charge in [-0.2, -0.15) is 13.9 Å². The van der Waals surface area contributed by atoms with Crippen LogP contribution in [0.2, 0.25) is 0 Å². The molecule has 3 aromatic rings. The fraction of sp³-hybridized carbons (Fsp3) is 0.188. The van der Waals surface area contributed by atoms with Crippen LogP contribution in [0.15, 0.2) is 41.1 Å². The van der Waals surface area contributed by atoms with E-state index < -0.39 is 12.5 Å². The molecular weight excluding hydrogens is 414 g/mol. The Bertz CT molecular complexity index is 948. The van der Waals surface area contributed by atoms with Crippen molar-refractivity contribution in [3.63, 3.8) is 0 Å². The van der Waals surface area contributed by atoms with E-state index in [1.54, 1.807) is 25.4 Å². The predicted octanol–water partition coefficient (Wildman–Crippen LogP) is 3.74. The first-order valence-corrected chi connectivity index (χ1v) is 8.30. The number of halogens is 3. The fourth-order valence-corrected chi connectivity index (χ4v) is 2.79. The average molecular weight is 427 g/mol. The zero-order chi connectivity index (χ0) is 18.7. The van der Waals surface area contributed by atoms with Gasteiger partial charge in [0.15, 0.2) is 22.8 Å². The van der Waals surface area contributed by atoms with E-state index in [2.05, 4.69) is 36.1 Å². The summed E-state index contributed by atoms with van der Waals surface area (Å²) in [5.41, 5.74) is 0.972. The van der Waals surface area contributed by atoms with Crippen LogP contribution in [0, 0.1) is 0 Å². The molecule has 1 N–H and O–H groups in total. The Labute approximate surface area is 155 Å². The van der Waals surface area contributed by atoms with Gasteiger partial charge in [-0.05, 0) is 41.1 Å². The van der Waals surface area contributed by atoms with Gasteiger partial charge < -0.3 is 14.8 Å². The van der Waals surface area contributed by atoms with Crippen LogP contribution in [0.4, 0.5) is 14.5 Å². The van der Waals surface area contributed by atoms with Crippen molar-refractivity contribution >= 4 is 33.2 Å². The maximum absolute atomic E-state index is 12.5. The molecule has 1 amide bonds. The molecule has 0 aliphatic heterocycles. The molecule has 136 valence electrons. The Morgan fingerprint density at radius 3 is 2.88 bits per heavy atom. The smallest absolute Gasteiger partial charge is 0.387 e. The SMILES string of the molecule is CCOc1cc(NC(=O)c2nn3cccnc3c2Br)ccc1OC(F)F. The van der Waals surface area contributed by atoms with Gasteiger partial charge in [-0.3, -0.25) is 4.79 Å². The summed E-state index contributed by atoms with van der Waals surface area (Å²) in [6, 6.07) is 5.82. The number of hydrogen-bond acceptors (Lipinski definition) is 5. The van der Waals surface area contributed by atoms with Gasteiger partial charge in [-0.25, -0.2) is 9.50 Å². The van der Waals surface area contributed by atoms with Crippen LogP contribution in [-0.4, -0.2) is 33.7 Å². The summed E-state index contributed by atoms with van der Waals surface area (Å²) in [6.07, 6.45) is 3.24. The van der Waals surface area contributed by atoms with Crippen molar-refractivity contribution in [2.75, 3.05) is 11.9 Å². The number of benzene rings is 1. The number of amides is 1. The summed E-state index contributed by atoms with van der Waals surface area (Å²) in [5, 5.41) is 6.81. The van der Waals surface area contributed by atoms with Crippen LogP contribution in [0.5, 0.6) is 11.5 Å². The number of fused-ring (bicyclic) bond motifs is 1. The molecule has 0 fully saturated rings. The highest BCUT2D eigenvalue weighted by Gasteiger charge is 2.19. The van der Waals surface area contributed by atoms with Crippen LogP contribution in [-0.2, 0) is 0 Å². The Balaban J connectivity index is 1.86. The quantitative estimate of drug-likeness (QED) is 0.649. The van der Waals surface area contributed by atoms with E-state index in [0.29, 0.717) is 15.8 Å². The minimum Gasteiger partial charge on any atom is -0.490 e. The highest BCUT2D eigenvalue weighted by Crippen LogP contribution is 2.32. The van der Waals surface area contributed by atoms with Gasteiger partial charge in [0.1, 0.15) is 0 Å². The monoisotopic (exact) mass is 426 g/mol. The third kappa shape index (κ3) is 3.74. The molecule has 2 heterocycles. The lowest BCUT2D eigenvalue weighted by Gasteiger charge is -2.13. The van der Waals surface area contributed by atoms with E-state index in [1.165, 1.54) is 22.7 Å². The molecule has 0 saturated heterocycles. The Morgan fingerprint density at radius 2 is 2.19 bits per heavy atom. The average Bonchev–Trinajstić information content (AvgIpc) is 2.94. The molecule has 7 nitrogen and oxygen atoms in total. The second kappa shape index (κ2) is 7.65. The van der Waals surface area contributed by atoms with Crippen LogP contribution in [0.3, 0.4) is 0 Å². The van der Waals surface area contributed by atoms with Crippen molar-refractivity contribution < 1.29 is 23.0 Å². The molecule has 0 bridgehead atoms. The van der Waals surface area contributed by atoms with Crippen molar-refractivity contribution in [3.05, 3.63) is 46.8 Å². The number of ether oxygens (including phenoxy) is 2. The number of carbonyl (C=O) groups is 1. The van der Waals surface area contributed by atoms with Gasteiger partial charge in [-0.15, -0.1) is 0 Å². The minimum atomic E-state index is -2.98. The van der Waals surface area contributed by atoms with E-state index >= 15 is 0 Å². The lowest BCUT2D eigenvalue weighted by Crippen LogP contribution is -2.13. The highest BCUT2D eigenvalue weighted by atomic mass is 79.9. The Hall–Kier alpha value is -2.75. The zero-order valence-corrected chi connectivity index (χ0v) is 15.0. The molecule has 3 rings (SSSR count). The van der Waals surface area contributed by atoms with E-state index in [0.717, 1.165) is 0 Å². The minimum absolute atomic E-state index is 0.0985. The molecule has 26 heavy (non-hydrogen) atoms. The largest absolute Gasteiger partial charge is 0.490 e. The van der Waals surface area contributed by atoms with Gasteiger partial charge in [0, 0.05) is 24.1 Å². The van der Waals surface area contributed by atoms with Crippen LogP contribution in [0.25, 0.3) is 5.65 Å². The molecular formula is C16H13BrF2N4O3. The molecule has 10 heteroatoms. The van der Waals surface area contributed by atoms with Crippen molar-refractivity contribution in [3.8, 4) is 11.5 Å². The normalized spacial score (nSPS) is 11.0. The maximum Gasteiger partial charge on any atom is 0.387 e. The van der Waals surface area contributed by atoms with E-state index in [4.69, 9.17) is 4.74 Å². The number of nitrogens with one attached hydrogen (secondary N) is 1. The topological polar surface area (TPSA) is 77.8 Å². The predicted molar refractivity (Wildman–Crippen MR) is 92.9 cm³/mol. The number of nitrogens with zero attached hydrogens (tertiary/aromatic N) is 3. The van der Waals surface area contributed by atoms with Crippen LogP contribution >= 0.6 is 15.9 Å².